The van der Waals surface area contributed by atoms with E-state index >= 15 is 0 Å². The van der Waals surface area contributed by atoms with E-state index in [0.29, 0.717) is 12.8 Å². The molecular formula is C34H36N4O. The monoisotopic (exact) mass is 516 g/mol. The summed E-state index contributed by atoms with van der Waals surface area (Å²) < 4.78 is 0. The summed E-state index contributed by atoms with van der Waals surface area (Å²) in [4.78, 5) is 28.8. The number of H-pyrrole nitrogens is 2. The van der Waals surface area contributed by atoms with Crippen molar-refractivity contribution in [1.82, 2.24) is 19.9 Å². The molecule has 5 heteroatoms. The van der Waals surface area contributed by atoms with E-state index in [1.807, 2.05) is 12.2 Å². The Hall–Kier alpha value is -4.25. The van der Waals surface area contributed by atoms with Gasteiger partial charge in [0.2, 0.25) is 0 Å². The van der Waals surface area contributed by atoms with Crippen LogP contribution in [0.25, 0.3) is 50.4 Å². The minimum absolute atomic E-state index is 0.465. The first kappa shape index (κ1) is 26.4. The molecule has 0 aromatic carbocycles. The Balaban J connectivity index is 1.98. The molecular weight excluding hydrogens is 480 g/mol. The number of aryl methyl sites for hydroxylation is 3. The summed E-state index contributed by atoms with van der Waals surface area (Å²) in [7, 11) is 0. The van der Waals surface area contributed by atoms with E-state index < -0.39 is 0 Å². The van der Waals surface area contributed by atoms with Crippen molar-refractivity contribution in [2.75, 3.05) is 0 Å². The lowest BCUT2D eigenvalue weighted by atomic mass is 10.0. The van der Waals surface area contributed by atoms with Crippen molar-refractivity contribution < 1.29 is 4.79 Å². The molecule has 0 saturated carbocycles. The predicted octanol–water partition coefficient (Wildman–Crippen LogP) is 8.55. The molecule has 2 N–H and O–H groups in total. The highest BCUT2D eigenvalue weighted by Gasteiger charge is 2.19. The molecule has 198 valence electrons. The quantitative estimate of drug-likeness (QED) is 0.309. The van der Waals surface area contributed by atoms with Crippen LogP contribution in [0.1, 0.15) is 85.1 Å². The van der Waals surface area contributed by atoms with Gasteiger partial charge in [0, 0.05) is 39.6 Å². The van der Waals surface area contributed by atoms with Gasteiger partial charge in [0.05, 0.1) is 22.8 Å². The molecule has 8 bridgehead atoms. The zero-order valence-electron chi connectivity index (χ0n) is 23.6. The second-order valence-electron chi connectivity index (χ2n) is 10.4. The molecule has 0 radical (unpaired) electrons. The number of fused-ring (bicyclic) bond motifs is 8. The summed E-state index contributed by atoms with van der Waals surface area (Å²) in [5, 5.41) is 0. The minimum atomic E-state index is 0.465. The fraction of sp³-hybridized carbons (Fsp3) is 0.265. The molecule has 3 aromatic rings. The standard InChI is InChI=1S/C34H36N4O/c1-8-12-25-21(6)30-17-32-24(10-3)20(5)29(36-32)16-31-23(9-2)19(4)27(35-31)15-28-22(7)26(13-11-14-39)34(37-28)18-33(25)38-30/h9-10,14-18,35,38H,2-3,8,11-13H2,1,4-7H3. The number of aldehydes is 1. The minimum Gasteiger partial charge on any atom is -0.355 e. The normalized spacial score (nSPS) is 13.3. The van der Waals surface area contributed by atoms with E-state index in [2.05, 4.69) is 82.0 Å². The Morgan fingerprint density at radius 1 is 0.744 bits per heavy atom. The molecule has 39 heavy (non-hydrogen) atoms. The van der Waals surface area contributed by atoms with Gasteiger partial charge in [-0.05, 0) is 98.2 Å². The molecule has 3 aromatic heterocycles. The number of hydrogen-bond acceptors (Lipinski definition) is 3. The molecule has 5 heterocycles. The van der Waals surface area contributed by atoms with Crippen LogP contribution in [0.4, 0.5) is 0 Å². The number of hydrogen-bond donors (Lipinski definition) is 2. The van der Waals surface area contributed by atoms with Gasteiger partial charge in [0.1, 0.15) is 6.29 Å². The van der Waals surface area contributed by atoms with Gasteiger partial charge in [-0.1, -0.05) is 38.7 Å². The Kier molecular flexibility index (Phi) is 7.09. The van der Waals surface area contributed by atoms with E-state index in [9.17, 15) is 4.79 Å². The van der Waals surface area contributed by atoms with Crippen molar-refractivity contribution >= 4 is 56.7 Å². The zero-order valence-corrected chi connectivity index (χ0v) is 23.6. The largest absolute Gasteiger partial charge is 0.355 e. The first-order chi connectivity index (χ1) is 18.8. The van der Waals surface area contributed by atoms with Crippen LogP contribution in [0.2, 0.25) is 0 Å². The van der Waals surface area contributed by atoms with Gasteiger partial charge in [-0.25, -0.2) is 9.97 Å². The second kappa shape index (κ2) is 10.5. The molecule has 0 atom stereocenters. The first-order valence-electron chi connectivity index (χ1n) is 13.7. The molecule has 5 nitrogen and oxygen atoms in total. The summed E-state index contributed by atoms with van der Waals surface area (Å²) in [6, 6.07) is 8.50. The van der Waals surface area contributed by atoms with Gasteiger partial charge in [0.15, 0.2) is 0 Å². The van der Waals surface area contributed by atoms with Crippen molar-refractivity contribution in [3.05, 3.63) is 88.5 Å². The maximum absolute atomic E-state index is 11.3. The molecule has 0 spiro atoms. The number of carbonyl (C=O) groups excluding carboxylic acids is 1. The number of aromatic nitrogens is 4. The van der Waals surface area contributed by atoms with Crippen LogP contribution in [0.15, 0.2) is 43.5 Å². The van der Waals surface area contributed by atoms with Gasteiger partial charge in [0.25, 0.3) is 0 Å². The van der Waals surface area contributed by atoms with Crippen LogP contribution < -0.4 is 0 Å². The maximum Gasteiger partial charge on any atom is 0.120 e. The van der Waals surface area contributed by atoms with Crippen molar-refractivity contribution in [3.8, 4) is 0 Å². The van der Waals surface area contributed by atoms with E-state index in [1.165, 1.54) is 11.1 Å². The molecule has 0 fully saturated rings. The number of aromatic amines is 2. The van der Waals surface area contributed by atoms with Crippen LogP contribution in [0.3, 0.4) is 0 Å². The molecule has 0 aliphatic carbocycles. The maximum atomic E-state index is 11.3. The topological polar surface area (TPSA) is 74.4 Å². The third kappa shape index (κ3) is 4.52. The van der Waals surface area contributed by atoms with Crippen molar-refractivity contribution in [2.45, 2.75) is 60.3 Å². The molecule has 0 amide bonds. The van der Waals surface area contributed by atoms with E-state index in [4.69, 9.17) is 9.97 Å². The number of allylic oxidation sites excluding steroid dienone is 5. The molecule has 2 aliphatic heterocycles. The number of carbonyl (C=O) groups is 1. The molecule has 0 saturated heterocycles. The van der Waals surface area contributed by atoms with Crippen molar-refractivity contribution in [3.63, 3.8) is 0 Å². The third-order valence-electron chi connectivity index (χ3n) is 8.06. The first-order valence-corrected chi connectivity index (χ1v) is 13.7. The lowest BCUT2D eigenvalue weighted by Crippen LogP contribution is -1.87. The number of nitrogens with zero attached hydrogens (tertiary/aromatic N) is 2. The highest BCUT2D eigenvalue weighted by Crippen LogP contribution is 2.36. The van der Waals surface area contributed by atoms with Crippen LogP contribution in [-0.2, 0) is 11.2 Å². The lowest BCUT2D eigenvalue weighted by molar-refractivity contribution is -0.107. The predicted molar refractivity (Wildman–Crippen MR) is 165 cm³/mol. The summed E-state index contributed by atoms with van der Waals surface area (Å²) in [6.45, 7) is 18.8. The fourth-order valence-electron chi connectivity index (χ4n) is 5.76. The average Bonchev–Trinajstić information content (AvgIpc) is 3.57. The van der Waals surface area contributed by atoms with Gasteiger partial charge < -0.3 is 14.8 Å². The van der Waals surface area contributed by atoms with Gasteiger partial charge in [-0.2, -0.15) is 0 Å². The van der Waals surface area contributed by atoms with Crippen LogP contribution in [-0.4, -0.2) is 26.2 Å². The third-order valence-corrected chi connectivity index (χ3v) is 8.06. The molecule has 5 rings (SSSR count). The smallest absolute Gasteiger partial charge is 0.120 e. The highest BCUT2D eigenvalue weighted by atomic mass is 16.1. The van der Waals surface area contributed by atoms with Crippen LogP contribution in [0.5, 0.6) is 0 Å². The summed E-state index contributed by atoms with van der Waals surface area (Å²) in [5.41, 5.74) is 16.7. The van der Waals surface area contributed by atoms with Crippen LogP contribution in [0, 0.1) is 13.8 Å². The summed E-state index contributed by atoms with van der Waals surface area (Å²) in [6.07, 6.45) is 7.88. The molecule has 2 aliphatic rings. The van der Waals surface area contributed by atoms with E-state index in [1.54, 1.807) is 0 Å². The van der Waals surface area contributed by atoms with Gasteiger partial charge in [-0.3, -0.25) is 0 Å². The van der Waals surface area contributed by atoms with Gasteiger partial charge in [-0.15, -0.1) is 0 Å². The van der Waals surface area contributed by atoms with E-state index in [0.717, 1.165) is 97.4 Å². The fourth-order valence-corrected chi connectivity index (χ4v) is 5.76. The SMILES string of the molecule is C=CC1=C(C)c2cc3[nH]c(cc4nc(cc5[nH]c(cc1n2)c(C)c5CCC)C(CCC=O)=C4C)c(C)c3C=C. The van der Waals surface area contributed by atoms with Gasteiger partial charge >= 0.3 is 0 Å². The lowest BCUT2D eigenvalue weighted by Gasteiger charge is -2.02. The van der Waals surface area contributed by atoms with Crippen LogP contribution >= 0.6 is 0 Å². The highest BCUT2D eigenvalue weighted by molar-refractivity contribution is 5.98. The summed E-state index contributed by atoms with van der Waals surface area (Å²) in [5.74, 6) is 0. The van der Waals surface area contributed by atoms with E-state index in [-0.39, 0.29) is 0 Å². The number of rotatable bonds is 7. The van der Waals surface area contributed by atoms with Crippen molar-refractivity contribution in [2.24, 2.45) is 0 Å². The zero-order chi connectivity index (χ0) is 27.8. The Bertz CT molecular complexity index is 1760. The second-order valence-corrected chi connectivity index (χ2v) is 10.4. The Morgan fingerprint density at radius 2 is 1.36 bits per heavy atom. The number of nitrogens with one attached hydrogen (secondary N) is 2. The summed E-state index contributed by atoms with van der Waals surface area (Å²) >= 11 is 0. The average molecular weight is 517 g/mol. The molecule has 0 unspecified atom stereocenters. The Labute approximate surface area is 230 Å². The van der Waals surface area contributed by atoms with Crippen molar-refractivity contribution in [1.29, 1.82) is 0 Å². The Morgan fingerprint density at radius 3 is 2.05 bits per heavy atom.